The second kappa shape index (κ2) is 17.3. The fourth-order valence-electron chi connectivity index (χ4n) is 8.31. The summed E-state index contributed by atoms with van der Waals surface area (Å²) in [6.07, 6.45) is 24.2. The average Bonchev–Trinajstić information content (AvgIpc) is 3.02. The molecule has 0 nitrogen and oxygen atoms in total. The molecule has 0 radical (unpaired) electrons. The van der Waals surface area contributed by atoms with Gasteiger partial charge in [0.05, 0.1) is 6.67 Å². The first-order chi connectivity index (χ1) is 19.7. The van der Waals surface area contributed by atoms with Crippen molar-refractivity contribution in [3.05, 3.63) is 71.3 Å². The van der Waals surface area contributed by atoms with Crippen LogP contribution in [0.3, 0.4) is 0 Å². The molecule has 0 amide bonds. The number of benzene rings is 2. The standard InChI is InChI=1S/C31H49F.C7H7F/c1-2-3-24-10-14-28(15-11-24)30-18-20-31(21-19-30)29-16-12-26(13-17-29)5-4-25-6-8-27(9-7-25)22-23-32;8-6-7-4-2-1-3-5-7/h6-9,24,26,28-31H,2-5,10-23H2,1H3;1-5H,6H2/t24-,26-,28-,29-,30-,31-;. The molecule has 0 aliphatic heterocycles. The molecule has 2 aromatic carbocycles. The maximum Gasteiger partial charge on any atom is 0.115 e. The van der Waals surface area contributed by atoms with Gasteiger partial charge in [-0.1, -0.05) is 100 Å². The van der Waals surface area contributed by atoms with Gasteiger partial charge in [0.1, 0.15) is 6.67 Å². The van der Waals surface area contributed by atoms with E-state index >= 15 is 0 Å². The topological polar surface area (TPSA) is 0 Å². The van der Waals surface area contributed by atoms with E-state index in [1.807, 2.05) is 18.2 Å². The highest BCUT2D eigenvalue weighted by Crippen LogP contribution is 2.46. The Kier molecular flexibility index (Phi) is 13.5. The second-order valence-corrected chi connectivity index (χ2v) is 13.4. The van der Waals surface area contributed by atoms with Crippen LogP contribution in [0.4, 0.5) is 8.78 Å². The molecule has 0 N–H and O–H groups in total. The van der Waals surface area contributed by atoms with Crippen LogP contribution < -0.4 is 0 Å². The molecule has 2 heteroatoms. The van der Waals surface area contributed by atoms with E-state index < -0.39 is 0 Å². The Labute approximate surface area is 244 Å². The average molecular weight is 551 g/mol. The minimum absolute atomic E-state index is 0.246. The number of hydrogen-bond acceptors (Lipinski definition) is 0. The van der Waals surface area contributed by atoms with Crippen molar-refractivity contribution in [3.8, 4) is 0 Å². The van der Waals surface area contributed by atoms with Crippen molar-refractivity contribution in [1.82, 2.24) is 0 Å². The van der Waals surface area contributed by atoms with E-state index in [0.29, 0.717) is 6.42 Å². The van der Waals surface area contributed by atoms with Crippen molar-refractivity contribution in [1.29, 1.82) is 0 Å². The van der Waals surface area contributed by atoms with Gasteiger partial charge >= 0.3 is 0 Å². The Morgan fingerprint density at radius 1 is 0.500 bits per heavy atom. The number of rotatable bonds is 10. The maximum absolute atomic E-state index is 12.5. The van der Waals surface area contributed by atoms with Crippen LogP contribution in [0.15, 0.2) is 54.6 Å². The summed E-state index contributed by atoms with van der Waals surface area (Å²) >= 11 is 0. The molecule has 0 atom stereocenters. The Balaban J connectivity index is 0.000000398. The lowest BCUT2D eigenvalue weighted by Crippen LogP contribution is -2.29. The summed E-state index contributed by atoms with van der Waals surface area (Å²) in [6, 6.07) is 17.8. The molecule has 2 aromatic rings. The quantitative estimate of drug-likeness (QED) is 0.276. The van der Waals surface area contributed by atoms with Gasteiger partial charge < -0.3 is 0 Å². The Bertz CT molecular complexity index is 898. The number of halogens is 2. The summed E-state index contributed by atoms with van der Waals surface area (Å²) in [5, 5.41) is 0. The van der Waals surface area contributed by atoms with E-state index in [1.54, 1.807) is 50.7 Å². The van der Waals surface area contributed by atoms with Crippen LogP contribution in [0.1, 0.15) is 120 Å². The molecule has 3 fully saturated rings. The van der Waals surface area contributed by atoms with Gasteiger partial charge in [0.15, 0.2) is 0 Å². The molecule has 0 bridgehead atoms. The zero-order valence-corrected chi connectivity index (χ0v) is 25.4. The Morgan fingerprint density at radius 2 is 0.925 bits per heavy atom. The fraction of sp³-hybridized carbons (Fsp3) is 0.684. The molecule has 3 aliphatic rings. The lowest BCUT2D eigenvalue weighted by molar-refractivity contribution is 0.102. The van der Waals surface area contributed by atoms with Crippen molar-refractivity contribution in [2.24, 2.45) is 35.5 Å². The van der Waals surface area contributed by atoms with Crippen LogP contribution >= 0.6 is 0 Å². The van der Waals surface area contributed by atoms with Gasteiger partial charge in [0.2, 0.25) is 0 Å². The first-order valence-electron chi connectivity index (χ1n) is 16.9. The third-order valence-electron chi connectivity index (χ3n) is 10.9. The highest BCUT2D eigenvalue weighted by molar-refractivity contribution is 5.22. The zero-order chi connectivity index (χ0) is 28.0. The summed E-state index contributed by atoms with van der Waals surface area (Å²) in [6.45, 7) is 1.75. The van der Waals surface area contributed by atoms with E-state index in [4.69, 9.17) is 0 Å². The largest absolute Gasteiger partial charge is 0.251 e. The van der Waals surface area contributed by atoms with E-state index in [0.717, 1.165) is 46.6 Å². The molecular formula is C38H56F2. The molecule has 3 saturated carbocycles. The second-order valence-electron chi connectivity index (χ2n) is 13.4. The third kappa shape index (κ3) is 9.99. The first kappa shape index (κ1) is 31.2. The maximum atomic E-state index is 12.5. The fourth-order valence-corrected chi connectivity index (χ4v) is 8.31. The highest BCUT2D eigenvalue weighted by atomic mass is 19.1. The molecule has 0 unspecified atom stereocenters. The van der Waals surface area contributed by atoms with Gasteiger partial charge in [0, 0.05) is 6.42 Å². The van der Waals surface area contributed by atoms with E-state index in [9.17, 15) is 8.78 Å². The van der Waals surface area contributed by atoms with Gasteiger partial charge in [0.25, 0.3) is 0 Å². The third-order valence-corrected chi connectivity index (χ3v) is 10.9. The van der Waals surface area contributed by atoms with Crippen molar-refractivity contribution in [2.45, 2.75) is 123 Å². The Morgan fingerprint density at radius 3 is 1.32 bits per heavy atom. The van der Waals surface area contributed by atoms with Crippen molar-refractivity contribution in [3.63, 3.8) is 0 Å². The smallest absolute Gasteiger partial charge is 0.115 e. The van der Waals surface area contributed by atoms with Crippen molar-refractivity contribution < 1.29 is 8.78 Å². The van der Waals surface area contributed by atoms with Crippen LogP contribution in [0.5, 0.6) is 0 Å². The van der Waals surface area contributed by atoms with Crippen molar-refractivity contribution >= 4 is 0 Å². The summed E-state index contributed by atoms with van der Waals surface area (Å²) < 4.78 is 24.2. The number of alkyl halides is 2. The molecule has 222 valence electrons. The highest BCUT2D eigenvalue weighted by Gasteiger charge is 2.34. The van der Waals surface area contributed by atoms with Gasteiger partial charge in [-0.2, -0.15) is 0 Å². The minimum atomic E-state index is -0.360. The molecular weight excluding hydrogens is 494 g/mol. The van der Waals surface area contributed by atoms with Crippen LogP contribution in [0, 0.1) is 35.5 Å². The lowest BCUT2D eigenvalue weighted by atomic mass is 9.64. The van der Waals surface area contributed by atoms with Gasteiger partial charge in [-0.15, -0.1) is 0 Å². The van der Waals surface area contributed by atoms with Crippen molar-refractivity contribution in [2.75, 3.05) is 6.67 Å². The predicted octanol–water partition coefficient (Wildman–Crippen LogP) is 11.5. The SMILES string of the molecule is CCC[C@H]1CC[C@H]([C@H]2CC[C@H]([C@H]3CC[C@H](CCc4ccc(CCF)cc4)CC3)CC2)CC1.FCc1ccccc1. The summed E-state index contributed by atoms with van der Waals surface area (Å²) in [7, 11) is 0. The molecule has 5 rings (SSSR count). The van der Waals surface area contributed by atoms with Gasteiger partial charge in [-0.05, 0) is 116 Å². The van der Waals surface area contributed by atoms with Gasteiger partial charge in [-0.25, -0.2) is 4.39 Å². The molecule has 0 saturated heterocycles. The summed E-state index contributed by atoms with van der Waals surface area (Å²) in [5.41, 5.74) is 3.32. The minimum Gasteiger partial charge on any atom is -0.251 e. The van der Waals surface area contributed by atoms with Crippen LogP contribution in [-0.4, -0.2) is 6.67 Å². The zero-order valence-electron chi connectivity index (χ0n) is 25.4. The molecule has 3 aliphatic carbocycles. The summed E-state index contributed by atoms with van der Waals surface area (Å²) in [5.74, 6) is 6.22. The normalized spacial score (nSPS) is 28.9. The first-order valence-corrected chi connectivity index (χ1v) is 16.9. The van der Waals surface area contributed by atoms with E-state index in [-0.39, 0.29) is 13.3 Å². The molecule has 0 heterocycles. The Hall–Kier alpha value is -1.70. The number of hydrogen-bond donors (Lipinski definition) is 0. The monoisotopic (exact) mass is 550 g/mol. The van der Waals surface area contributed by atoms with Gasteiger partial charge in [-0.3, -0.25) is 4.39 Å². The lowest BCUT2D eigenvalue weighted by Gasteiger charge is -2.41. The van der Waals surface area contributed by atoms with E-state index in [1.165, 1.54) is 69.8 Å². The molecule has 0 spiro atoms. The predicted molar refractivity (Wildman–Crippen MR) is 167 cm³/mol. The van der Waals surface area contributed by atoms with Crippen LogP contribution in [0.25, 0.3) is 0 Å². The number of aryl methyl sites for hydroxylation is 2. The molecule has 40 heavy (non-hydrogen) atoms. The van der Waals surface area contributed by atoms with E-state index in [2.05, 4.69) is 31.2 Å². The summed E-state index contributed by atoms with van der Waals surface area (Å²) in [4.78, 5) is 0. The molecule has 0 aromatic heterocycles. The van der Waals surface area contributed by atoms with Crippen LogP contribution in [0.2, 0.25) is 0 Å². The van der Waals surface area contributed by atoms with Crippen LogP contribution in [-0.2, 0) is 19.5 Å².